The summed E-state index contributed by atoms with van der Waals surface area (Å²) in [5.74, 6) is -0.780. The van der Waals surface area contributed by atoms with E-state index in [-0.39, 0.29) is 6.42 Å². The van der Waals surface area contributed by atoms with Gasteiger partial charge >= 0.3 is 5.51 Å². The van der Waals surface area contributed by atoms with E-state index in [9.17, 15) is 21.6 Å². The van der Waals surface area contributed by atoms with Crippen molar-refractivity contribution in [2.45, 2.75) is 76.1 Å². The highest BCUT2D eigenvalue weighted by atomic mass is 32.2. The highest BCUT2D eigenvalue weighted by Gasteiger charge is 2.44. The molecule has 0 heterocycles. The molecular weight excluding hydrogens is 303 g/mol. The van der Waals surface area contributed by atoms with Gasteiger partial charge in [0.05, 0.1) is 5.75 Å². The zero-order valence-electron chi connectivity index (χ0n) is 12.6. The number of alkyl halides is 3. The first kappa shape index (κ1) is 20.7. The monoisotopic (exact) mass is 331 g/mol. The van der Waals surface area contributed by atoms with Crippen molar-refractivity contribution in [3.8, 4) is 0 Å². The van der Waals surface area contributed by atoms with Crippen LogP contribution in [0.5, 0.6) is 0 Å². The third kappa shape index (κ3) is 11.0. The number of hydrogen-bond donors (Lipinski definition) is 1. The Hall–Kier alpha value is -0.300. The summed E-state index contributed by atoms with van der Waals surface area (Å²) in [4.78, 5) is 0. The number of hydrogen-bond acceptors (Lipinski definition) is 3. The lowest BCUT2D eigenvalue weighted by Gasteiger charge is -2.07. The van der Waals surface area contributed by atoms with E-state index in [4.69, 9.17) is 5.73 Å². The molecule has 0 aromatic rings. The fraction of sp³-hybridized carbons (Fsp3) is 1.00. The zero-order chi connectivity index (χ0) is 16.2. The fourth-order valence-electron chi connectivity index (χ4n) is 2.14. The third-order valence-corrected chi connectivity index (χ3v) is 5.00. The van der Waals surface area contributed by atoms with Crippen LogP contribution in [0.2, 0.25) is 0 Å². The Kier molecular flexibility index (Phi) is 11.1. The molecule has 2 N–H and O–H groups in total. The largest absolute Gasteiger partial charge is 0.497 e. The lowest BCUT2D eigenvalue weighted by atomic mass is 10.1. The van der Waals surface area contributed by atoms with E-state index < -0.39 is 21.1 Å². The molecule has 0 unspecified atom stereocenters. The van der Waals surface area contributed by atoms with Crippen molar-refractivity contribution in [3.05, 3.63) is 0 Å². The maximum atomic E-state index is 12.1. The molecule has 0 aliphatic heterocycles. The Morgan fingerprint density at radius 2 is 1.00 bits per heavy atom. The van der Waals surface area contributed by atoms with Gasteiger partial charge < -0.3 is 5.73 Å². The summed E-state index contributed by atoms with van der Waals surface area (Å²) in [5, 5.41) is 0. The van der Waals surface area contributed by atoms with Crippen LogP contribution in [0.1, 0.15) is 70.6 Å². The Bertz CT molecular complexity index is 343. The van der Waals surface area contributed by atoms with Gasteiger partial charge in [-0.25, -0.2) is 8.42 Å². The average molecular weight is 331 g/mol. The van der Waals surface area contributed by atoms with E-state index in [2.05, 4.69) is 0 Å². The first-order chi connectivity index (χ1) is 9.81. The van der Waals surface area contributed by atoms with Gasteiger partial charge in [-0.1, -0.05) is 57.8 Å². The fourth-order valence-corrected chi connectivity index (χ4v) is 2.96. The van der Waals surface area contributed by atoms with Crippen molar-refractivity contribution in [3.63, 3.8) is 0 Å². The number of halogens is 3. The third-order valence-electron chi connectivity index (χ3n) is 3.47. The van der Waals surface area contributed by atoms with Crippen LogP contribution in [0, 0.1) is 0 Å². The molecule has 0 aromatic heterocycles. The van der Waals surface area contributed by atoms with Crippen molar-refractivity contribution in [1.82, 2.24) is 0 Å². The average Bonchev–Trinajstić information content (AvgIpc) is 2.38. The molecule has 21 heavy (non-hydrogen) atoms. The molecule has 128 valence electrons. The van der Waals surface area contributed by atoms with E-state index in [1.165, 1.54) is 25.7 Å². The molecular formula is C14H28F3NO2S. The standard InChI is InChI=1S/C14H28F3NO2S/c15-14(16,17)21(19,20)13-11-9-7-5-3-1-2-4-6-8-10-12-18/h1-13,18H2. The van der Waals surface area contributed by atoms with Crippen LogP contribution in [-0.2, 0) is 9.84 Å². The lowest BCUT2D eigenvalue weighted by molar-refractivity contribution is -0.0435. The molecule has 0 atom stereocenters. The molecule has 0 radical (unpaired) electrons. The van der Waals surface area contributed by atoms with E-state index in [0.29, 0.717) is 6.42 Å². The van der Waals surface area contributed by atoms with Gasteiger partial charge in [-0.2, -0.15) is 13.2 Å². The van der Waals surface area contributed by atoms with Crippen molar-refractivity contribution in [1.29, 1.82) is 0 Å². The van der Waals surface area contributed by atoms with Gasteiger partial charge in [0.1, 0.15) is 0 Å². The minimum Gasteiger partial charge on any atom is -0.330 e. The van der Waals surface area contributed by atoms with Crippen LogP contribution in [0.15, 0.2) is 0 Å². The summed E-state index contributed by atoms with van der Waals surface area (Å²) < 4.78 is 57.8. The first-order valence-corrected chi connectivity index (χ1v) is 9.45. The highest BCUT2D eigenvalue weighted by Crippen LogP contribution is 2.24. The number of sulfone groups is 1. The summed E-state index contributed by atoms with van der Waals surface area (Å²) in [6, 6.07) is 0. The smallest absolute Gasteiger partial charge is 0.330 e. The van der Waals surface area contributed by atoms with Crippen LogP contribution in [0.4, 0.5) is 13.2 Å². The molecule has 0 fully saturated rings. The Morgan fingerprint density at radius 3 is 1.33 bits per heavy atom. The second-order valence-corrected chi connectivity index (χ2v) is 7.54. The van der Waals surface area contributed by atoms with Gasteiger partial charge in [0.15, 0.2) is 0 Å². The number of rotatable bonds is 13. The Balaban J connectivity index is 3.34. The van der Waals surface area contributed by atoms with Crippen molar-refractivity contribution < 1.29 is 21.6 Å². The summed E-state index contributed by atoms with van der Waals surface area (Å²) in [6.07, 6.45) is 10.5. The second-order valence-electron chi connectivity index (χ2n) is 5.44. The normalized spacial score (nSPS) is 12.8. The number of nitrogens with two attached hydrogens (primary N) is 1. The molecule has 0 rings (SSSR count). The Morgan fingerprint density at radius 1 is 0.667 bits per heavy atom. The molecule has 7 heteroatoms. The van der Waals surface area contributed by atoms with Crippen LogP contribution in [-0.4, -0.2) is 26.2 Å². The first-order valence-electron chi connectivity index (χ1n) is 7.80. The van der Waals surface area contributed by atoms with E-state index >= 15 is 0 Å². The van der Waals surface area contributed by atoms with Crippen molar-refractivity contribution >= 4 is 9.84 Å². The molecule has 0 aliphatic carbocycles. The van der Waals surface area contributed by atoms with E-state index in [1.807, 2.05) is 0 Å². The molecule has 0 aromatic carbocycles. The predicted molar refractivity (Wildman–Crippen MR) is 79.7 cm³/mol. The summed E-state index contributed by atoms with van der Waals surface area (Å²) in [6.45, 7) is 0.754. The van der Waals surface area contributed by atoms with E-state index in [0.717, 1.165) is 38.6 Å². The minimum atomic E-state index is -5.10. The van der Waals surface area contributed by atoms with Crippen LogP contribution in [0.25, 0.3) is 0 Å². The van der Waals surface area contributed by atoms with Gasteiger partial charge in [0, 0.05) is 0 Å². The van der Waals surface area contributed by atoms with E-state index in [1.54, 1.807) is 0 Å². The van der Waals surface area contributed by atoms with Crippen molar-refractivity contribution in [2.24, 2.45) is 5.73 Å². The molecule has 0 amide bonds. The van der Waals surface area contributed by atoms with Crippen LogP contribution in [0.3, 0.4) is 0 Å². The predicted octanol–water partition coefficient (Wildman–Crippen LogP) is 4.17. The molecule has 0 bridgehead atoms. The molecule has 0 saturated carbocycles. The SMILES string of the molecule is NCCCCCCCCCCCCCS(=O)(=O)C(F)(F)F. The van der Waals surface area contributed by atoms with Gasteiger partial charge in [-0.15, -0.1) is 0 Å². The van der Waals surface area contributed by atoms with Crippen LogP contribution < -0.4 is 5.73 Å². The minimum absolute atomic E-state index is 0.0981. The van der Waals surface area contributed by atoms with Gasteiger partial charge in [0.2, 0.25) is 9.84 Å². The molecule has 3 nitrogen and oxygen atoms in total. The topological polar surface area (TPSA) is 60.2 Å². The maximum absolute atomic E-state index is 12.1. The highest BCUT2D eigenvalue weighted by molar-refractivity contribution is 7.92. The molecule has 0 saturated heterocycles. The van der Waals surface area contributed by atoms with Crippen LogP contribution >= 0.6 is 0 Å². The lowest BCUT2D eigenvalue weighted by Crippen LogP contribution is -2.26. The Labute approximate surface area is 126 Å². The quantitative estimate of drug-likeness (QED) is 0.515. The summed E-state index contributed by atoms with van der Waals surface area (Å²) in [5.41, 5.74) is 0.299. The zero-order valence-corrected chi connectivity index (χ0v) is 13.4. The molecule has 0 aliphatic rings. The number of unbranched alkanes of at least 4 members (excludes halogenated alkanes) is 10. The summed E-state index contributed by atoms with van der Waals surface area (Å²) in [7, 11) is -4.92. The van der Waals surface area contributed by atoms with Gasteiger partial charge in [0.25, 0.3) is 0 Å². The summed E-state index contributed by atoms with van der Waals surface area (Å²) >= 11 is 0. The maximum Gasteiger partial charge on any atom is 0.497 e. The van der Waals surface area contributed by atoms with Gasteiger partial charge in [-0.05, 0) is 19.4 Å². The second kappa shape index (κ2) is 11.3. The molecule has 0 spiro atoms. The van der Waals surface area contributed by atoms with Crippen molar-refractivity contribution in [2.75, 3.05) is 12.3 Å². The van der Waals surface area contributed by atoms with Gasteiger partial charge in [-0.3, -0.25) is 0 Å².